The zero-order valence-electron chi connectivity index (χ0n) is 12.6. The summed E-state index contributed by atoms with van der Waals surface area (Å²) >= 11 is 0. The molecule has 1 rings (SSSR count). The van der Waals surface area contributed by atoms with Crippen molar-refractivity contribution in [2.75, 3.05) is 31.2 Å². The highest BCUT2D eigenvalue weighted by Crippen LogP contribution is 2.27. The number of hydrogen-bond donors (Lipinski definition) is 2. The van der Waals surface area contributed by atoms with Gasteiger partial charge in [0.25, 0.3) is 0 Å². The van der Waals surface area contributed by atoms with Crippen LogP contribution in [-0.4, -0.2) is 36.5 Å². The minimum Gasteiger partial charge on any atom is -0.395 e. The normalized spacial score (nSPS) is 11.4. The highest BCUT2D eigenvalue weighted by Gasteiger charge is 2.11. The molecule has 0 amide bonds. The van der Waals surface area contributed by atoms with E-state index in [0.717, 1.165) is 5.69 Å². The Morgan fingerprint density at radius 3 is 1.58 bits per heavy atom. The topological polar surface area (TPSA) is 43.7 Å². The number of aliphatic hydroxyl groups excluding tert-OH is 2. The van der Waals surface area contributed by atoms with E-state index >= 15 is 0 Å². The fourth-order valence-corrected chi connectivity index (χ4v) is 2.12. The molecule has 0 radical (unpaired) electrons. The van der Waals surface area contributed by atoms with E-state index in [9.17, 15) is 0 Å². The third kappa shape index (κ3) is 4.51. The number of rotatable bonds is 7. The van der Waals surface area contributed by atoms with E-state index in [4.69, 9.17) is 10.2 Å². The Hall–Kier alpha value is -1.06. The first-order chi connectivity index (χ1) is 8.99. The van der Waals surface area contributed by atoms with E-state index in [1.54, 1.807) is 0 Å². The Labute approximate surface area is 116 Å². The van der Waals surface area contributed by atoms with Gasteiger partial charge in [0.1, 0.15) is 0 Å². The Bertz CT molecular complexity index is 356. The quantitative estimate of drug-likeness (QED) is 0.796. The van der Waals surface area contributed by atoms with Crippen molar-refractivity contribution in [3.05, 3.63) is 29.3 Å². The van der Waals surface area contributed by atoms with Gasteiger partial charge in [-0.1, -0.05) is 33.8 Å². The van der Waals surface area contributed by atoms with E-state index in [-0.39, 0.29) is 13.2 Å². The fourth-order valence-electron chi connectivity index (χ4n) is 2.12. The molecule has 19 heavy (non-hydrogen) atoms. The molecule has 0 aliphatic carbocycles. The number of anilines is 1. The predicted molar refractivity (Wildman–Crippen MR) is 81.0 cm³/mol. The van der Waals surface area contributed by atoms with Crippen molar-refractivity contribution in [3.8, 4) is 0 Å². The first-order valence-corrected chi connectivity index (χ1v) is 7.11. The molecule has 0 bridgehead atoms. The molecule has 3 heteroatoms. The van der Waals surface area contributed by atoms with Gasteiger partial charge in [-0.3, -0.25) is 0 Å². The molecule has 0 heterocycles. The molecule has 0 aromatic heterocycles. The van der Waals surface area contributed by atoms with Gasteiger partial charge < -0.3 is 15.1 Å². The first kappa shape index (κ1) is 16.0. The van der Waals surface area contributed by atoms with E-state index in [2.05, 4.69) is 45.9 Å². The van der Waals surface area contributed by atoms with Gasteiger partial charge in [-0.15, -0.1) is 0 Å². The fraction of sp³-hybridized carbons (Fsp3) is 0.625. The summed E-state index contributed by atoms with van der Waals surface area (Å²) in [5.74, 6) is 0.949. The summed E-state index contributed by atoms with van der Waals surface area (Å²) in [4.78, 5) is 2.04. The lowest BCUT2D eigenvalue weighted by molar-refractivity contribution is 0.281. The maximum atomic E-state index is 9.16. The zero-order valence-corrected chi connectivity index (χ0v) is 12.6. The van der Waals surface area contributed by atoms with Crippen LogP contribution in [0.3, 0.4) is 0 Å². The lowest BCUT2D eigenvalue weighted by Crippen LogP contribution is -2.29. The number of nitrogens with zero attached hydrogens (tertiary/aromatic N) is 1. The third-order valence-electron chi connectivity index (χ3n) is 3.40. The van der Waals surface area contributed by atoms with Gasteiger partial charge in [0, 0.05) is 18.8 Å². The highest BCUT2D eigenvalue weighted by atomic mass is 16.3. The summed E-state index contributed by atoms with van der Waals surface area (Å²) in [5.41, 5.74) is 3.71. The smallest absolute Gasteiger partial charge is 0.0606 e. The molecule has 0 saturated heterocycles. The van der Waals surface area contributed by atoms with E-state index in [0.29, 0.717) is 24.9 Å². The molecule has 1 aromatic carbocycles. The lowest BCUT2D eigenvalue weighted by Gasteiger charge is -2.25. The summed E-state index contributed by atoms with van der Waals surface area (Å²) in [6.45, 7) is 10.1. The van der Waals surface area contributed by atoms with Crippen molar-refractivity contribution in [1.82, 2.24) is 0 Å². The maximum Gasteiger partial charge on any atom is 0.0606 e. The molecule has 0 saturated carbocycles. The predicted octanol–water partition coefficient (Wildman–Crippen LogP) is 2.72. The third-order valence-corrected chi connectivity index (χ3v) is 3.40. The summed E-state index contributed by atoms with van der Waals surface area (Å²) in [6, 6.07) is 6.60. The summed E-state index contributed by atoms with van der Waals surface area (Å²) in [6.07, 6.45) is 0. The minimum absolute atomic E-state index is 0.100. The van der Waals surface area contributed by atoms with Crippen LogP contribution in [0.4, 0.5) is 5.69 Å². The van der Waals surface area contributed by atoms with Crippen molar-refractivity contribution >= 4 is 5.69 Å². The Balaban J connectivity index is 3.15. The van der Waals surface area contributed by atoms with Crippen molar-refractivity contribution < 1.29 is 10.2 Å². The van der Waals surface area contributed by atoms with Gasteiger partial charge in [0.15, 0.2) is 0 Å². The maximum absolute atomic E-state index is 9.16. The minimum atomic E-state index is 0.100. The van der Waals surface area contributed by atoms with Gasteiger partial charge in [-0.2, -0.15) is 0 Å². The average Bonchev–Trinajstić information content (AvgIpc) is 2.37. The van der Waals surface area contributed by atoms with Crippen LogP contribution >= 0.6 is 0 Å². The summed E-state index contributed by atoms with van der Waals surface area (Å²) < 4.78 is 0. The second-order valence-corrected chi connectivity index (χ2v) is 5.60. The van der Waals surface area contributed by atoms with Crippen LogP contribution < -0.4 is 4.90 Å². The number of benzene rings is 1. The van der Waals surface area contributed by atoms with Gasteiger partial charge >= 0.3 is 0 Å². The van der Waals surface area contributed by atoms with E-state index in [1.165, 1.54) is 11.1 Å². The average molecular weight is 265 g/mol. The van der Waals surface area contributed by atoms with Gasteiger partial charge in [-0.05, 0) is 35.1 Å². The molecule has 0 unspecified atom stereocenters. The van der Waals surface area contributed by atoms with Crippen molar-refractivity contribution in [3.63, 3.8) is 0 Å². The van der Waals surface area contributed by atoms with Gasteiger partial charge in [-0.25, -0.2) is 0 Å². The monoisotopic (exact) mass is 265 g/mol. The number of hydrogen-bond acceptors (Lipinski definition) is 3. The molecular weight excluding hydrogens is 238 g/mol. The first-order valence-electron chi connectivity index (χ1n) is 7.11. The molecule has 1 aromatic rings. The number of aliphatic hydroxyl groups is 2. The molecule has 2 N–H and O–H groups in total. The molecule has 108 valence electrons. The Morgan fingerprint density at radius 2 is 1.26 bits per heavy atom. The Morgan fingerprint density at radius 1 is 0.842 bits per heavy atom. The van der Waals surface area contributed by atoms with Gasteiger partial charge in [0.2, 0.25) is 0 Å². The van der Waals surface area contributed by atoms with E-state index in [1.807, 2.05) is 4.90 Å². The summed E-state index contributed by atoms with van der Waals surface area (Å²) in [7, 11) is 0. The molecule has 0 atom stereocenters. The van der Waals surface area contributed by atoms with Crippen LogP contribution in [0, 0.1) is 0 Å². The molecule has 0 spiro atoms. The molecular formula is C16H27NO2. The van der Waals surface area contributed by atoms with E-state index < -0.39 is 0 Å². The molecule has 0 aliphatic rings. The molecule has 0 aliphatic heterocycles. The summed E-state index contributed by atoms with van der Waals surface area (Å²) in [5, 5.41) is 18.3. The second-order valence-electron chi connectivity index (χ2n) is 5.60. The van der Waals surface area contributed by atoms with Crippen LogP contribution in [0.5, 0.6) is 0 Å². The second kappa shape index (κ2) is 7.51. The van der Waals surface area contributed by atoms with Crippen LogP contribution in [0.15, 0.2) is 18.2 Å². The van der Waals surface area contributed by atoms with Crippen molar-refractivity contribution in [2.24, 2.45) is 0 Å². The highest BCUT2D eigenvalue weighted by molar-refractivity contribution is 5.52. The molecule has 0 fully saturated rings. The molecule has 3 nitrogen and oxygen atoms in total. The SMILES string of the molecule is CC(C)c1cc(C(C)C)cc(N(CCO)CCO)c1. The largest absolute Gasteiger partial charge is 0.395 e. The van der Waals surface area contributed by atoms with Crippen LogP contribution in [0.25, 0.3) is 0 Å². The Kier molecular flexibility index (Phi) is 6.32. The van der Waals surface area contributed by atoms with Crippen molar-refractivity contribution in [2.45, 2.75) is 39.5 Å². The zero-order chi connectivity index (χ0) is 14.4. The standard InChI is InChI=1S/C16H27NO2/c1-12(2)14-9-15(13(3)4)11-16(10-14)17(5-7-18)6-8-19/h9-13,18-19H,5-8H2,1-4H3. The van der Waals surface area contributed by atoms with Crippen LogP contribution in [-0.2, 0) is 0 Å². The lowest BCUT2D eigenvalue weighted by atomic mass is 9.94. The van der Waals surface area contributed by atoms with Crippen LogP contribution in [0.1, 0.15) is 50.7 Å². The van der Waals surface area contributed by atoms with Crippen LogP contribution in [0.2, 0.25) is 0 Å². The van der Waals surface area contributed by atoms with Crippen molar-refractivity contribution in [1.29, 1.82) is 0 Å². The van der Waals surface area contributed by atoms with Gasteiger partial charge in [0.05, 0.1) is 13.2 Å².